The van der Waals surface area contributed by atoms with Gasteiger partial charge in [-0.05, 0) is 119 Å². The standard InChI is InChI=1S/C46H28N6O8/c53-45(54)29-5-1-25(2-6-29)41-33-17-21-37(47-33)43(27-9-13-31(14-10-27)51(57)58)39-23-19-35(49-39)42(26-3-7-30(8-4-26)46(55)56)36-20-24-40(50-36)44(38-22-18-34(41)48-38)28-11-15-32(16-12-28)52(59)60/h1-24,47,50H,(H,53,54)(H,55,56). The SMILES string of the molecule is O=C(O)c1ccc(-c2c3nc(c(-c4ccc([N+](=O)[O-])cc4)c4ccc([nH]4)c(-c4ccc(C(=O)O)cc4)c4nc(c(-c5ccc([N+](=O)[O-])cc5)c5ccc2[nH]5)C=C4)C=C3)cc1. The maximum absolute atomic E-state index is 11.8. The van der Waals surface area contributed by atoms with E-state index in [0.29, 0.717) is 89.4 Å². The predicted molar refractivity (Wildman–Crippen MR) is 228 cm³/mol. The number of nitrogens with one attached hydrogen (secondary N) is 2. The molecule has 5 heterocycles. The quantitative estimate of drug-likeness (QED) is 0.0842. The minimum Gasteiger partial charge on any atom is -0.478 e. The Kier molecular flexibility index (Phi) is 8.98. The minimum absolute atomic E-state index is 0.0812. The molecule has 290 valence electrons. The number of carbonyl (C=O) groups is 2. The Bertz CT molecular complexity index is 2760. The molecular weight excluding hydrogens is 765 g/mol. The number of fused-ring (bicyclic) bond motifs is 8. The summed E-state index contributed by atoms with van der Waals surface area (Å²) in [5.41, 5.74) is 9.83. The van der Waals surface area contributed by atoms with Crippen LogP contribution >= 0.6 is 0 Å². The van der Waals surface area contributed by atoms with Gasteiger partial charge in [-0.25, -0.2) is 19.6 Å². The molecule has 3 aromatic heterocycles. The van der Waals surface area contributed by atoms with Crippen LogP contribution in [0.3, 0.4) is 0 Å². The Labute approximate surface area is 338 Å². The molecule has 0 saturated heterocycles. The Morgan fingerprint density at radius 3 is 0.900 bits per heavy atom. The molecule has 4 N–H and O–H groups in total. The summed E-state index contributed by atoms with van der Waals surface area (Å²) in [6.45, 7) is 0. The lowest BCUT2D eigenvalue weighted by Gasteiger charge is -2.07. The van der Waals surface area contributed by atoms with Gasteiger partial charge in [-0.15, -0.1) is 0 Å². The van der Waals surface area contributed by atoms with Crippen LogP contribution in [0.25, 0.3) is 90.9 Å². The number of hydrogen-bond acceptors (Lipinski definition) is 8. The second-order valence-corrected chi connectivity index (χ2v) is 13.9. The van der Waals surface area contributed by atoms with Gasteiger partial charge in [0.25, 0.3) is 11.4 Å². The lowest BCUT2D eigenvalue weighted by atomic mass is 10.0. The van der Waals surface area contributed by atoms with Crippen molar-refractivity contribution < 1.29 is 29.6 Å². The maximum atomic E-state index is 11.8. The van der Waals surface area contributed by atoms with E-state index in [-0.39, 0.29) is 22.5 Å². The number of nitrogens with zero attached hydrogens (tertiary/aromatic N) is 4. The van der Waals surface area contributed by atoms with Gasteiger partial charge in [0, 0.05) is 68.6 Å². The van der Waals surface area contributed by atoms with E-state index in [2.05, 4.69) is 9.97 Å². The van der Waals surface area contributed by atoms with E-state index in [1.807, 2.05) is 48.6 Å². The Hall–Kier alpha value is -8.78. The van der Waals surface area contributed by atoms with Crippen LogP contribution < -0.4 is 0 Å². The van der Waals surface area contributed by atoms with Crippen LogP contribution in [0.4, 0.5) is 11.4 Å². The number of benzene rings is 4. The molecule has 4 aromatic carbocycles. The second kappa shape index (κ2) is 14.6. The van der Waals surface area contributed by atoms with Gasteiger partial charge in [-0.3, -0.25) is 20.2 Å². The molecule has 14 heteroatoms. The van der Waals surface area contributed by atoms with Crippen molar-refractivity contribution in [3.8, 4) is 44.5 Å². The maximum Gasteiger partial charge on any atom is 0.335 e. The molecule has 8 bridgehead atoms. The average molecular weight is 793 g/mol. The summed E-state index contributed by atoms with van der Waals surface area (Å²) < 4.78 is 0. The van der Waals surface area contributed by atoms with Crippen LogP contribution in [0.5, 0.6) is 0 Å². The largest absolute Gasteiger partial charge is 0.478 e. The third-order valence-corrected chi connectivity index (χ3v) is 10.3. The van der Waals surface area contributed by atoms with Crippen LogP contribution in [-0.2, 0) is 0 Å². The number of non-ortho nitro benzene ring substituents is 2. The summed E-state index contributed by atoms with van der Waals surface area (Å²) in [6, 6.07) is 32.7. The summed E-state index contributed by atoms with van der Waals surface area (Å²) in [4.78, 5) is 63.3. The first-order valence-corrected chi connectivity index (χ1v) is 18.4. The lowest BCUT2D eigenvalue weighted by molar-refractivity contribution is -0.385. The van der Waals surface area contributed by atoms with Gasteiger partial charge >= 0.3 is 11.9 Å². The average Bonchev–Trinajstić information content (AvgIpc) is 4.10. The first-order valence-electron chi connectivity index (χ1n) is 18.4. The van der Waals surface area contributed by atoms with E-state index in [0.717, 1.165) is 0 Å². The highest BCUT2D eigenvalue weighted by Gasteiger charge is 2.20. The summed E-state index contributed by atoms with van der Waals surface area (Å²) in [7, 11) is 0. The molecule has 9 rings (SSSR count). The van der Waals surface area contributed by atoms with Crippen molar-refractivity contribution in [2.75, 3.05) is 0 Å². The van der Waals surface area contributed by atoms with Crippen LogP contribution in [0.1, 0.15) is 43.5 Å². The van der Waals surface area contributed by atoms with Gasteiger partial charge in [0.05, 0.1) is 43.7 Å². The van der Waals surface area contributed by atoms with Crippen molar-refractivity contribution >= 4 is 69.7 Å². The highest BCUT2D eigenvalue weighted by atomic mass is 16.6. The summed E-state index contributed by atoms with van der Waals surface area (Å²) >= 11 is 0. The summed E-state index contributed by atoms with van der Waals surface area (Å²) in [5.74, 6) is -2.15. The fraction of sp³-hybridized carbons (Fsp3) is 0. The highest BCUT2D eigenvalue weighted by Crippen LogP contribution is 2.39. The first-order chi connectivity index (χ1) is 29.0. The van der Waals surface area contributed by atoms with E-state index in [9.17, 15) is 40.0 Å². The molecule has 2 aliphatic heterocycles. The fourth-order valence-corrected chi connectivity index (χ4v) is 7.48. The first kappa shape index (κ1) is 36.8. The molecule has 0 unspecified atom stereocenters. The van der Waals surface area contributed by atoms with Crippen molar-refractivity contribution in [2.24, 2.45) is 0 Å². The number of H-pyrrole nitrogens is 2. The van der Waals surface area contributed by atoms with E-state index in [1.165, 1.54) is 48.5 Å². The number of nitro benzene ring substituents is 2. The number of carboxylic acids is 2. The smallest absolute Gasteiger partial charge is 0.335 e. The van der Waals surface area contributed by atoms with Gasteiger partial charge in [0.2, 0.25) is 0 Å². The third-order valence-electron chi connectivity index (χ3n) is 10.3. The Morgan fingerprint density at radius 2 is 0.667 bits per heavy atom. The molecule has 0 radical (unpaired) electrons. The third kappa shape index (κ3) is 6.65. The van der Waals surface area contributed by atoms with Crippen LogP contribution in [-0.4, -0.2) is 51.9 Å². The molecule has 60 heavy (non-hydrogen) atoms. The van der Waals surface area contributed by atoms with E-state index < -0.39 is 21.8 Å². The zero-order valence-electron chi connectivity index (χ0n) is 31.0. The van der Waals surface area contributed by atoms with Crippen molar-refractivity contribution in [1.29, 1.82) is 0 Å². The van der Waals surface area contributed by atoms with E-state index in [1.54, 1.807) is 48.5 Å². The normalized spacial score (nSPS) is 11.7. The molecule has 0 atom stereocenters. The number of carboxylic acid groups (broad SMARTS) is 2. The van der Waals surface area contributed by atoms with Gasteiger partial charge in [0.15, 0.2) is 0 Å². The Balaban J connectivity index is 1.43. The van der Waals surface area contributed by atoms with Gasteiger partial charge in [-0.2, -0.15) is 0 Å². The highest BCUT2D eigenvalue weighted by molar-refractivity contribution is 6.00. The van der Waals surface area contributed by atoms with Crippen molar-refractivity contribution in [1.82, 2.24) is 19.9 Å². The molecule has 14 nitrogen and oxygen atoms in total. The summed E-state index contributed by atoms with van der Waals surface area (Å²) in [6.07, 6.45) is 7.37. The number of rotatable bonds is 8. The van der Waals surface area contributed by atoms with Gasteiger partial charge in [-0.1, -0.05) is 24.3 Å². The Morgan fingerprint density at radius 1 is 0.417 bits per heavy atom. The van der Waals surface area contributed by atoms with Crippen molar-refractivity contribution in [3.63, 3.8) is 0 Å². The van der Waals surface area contributed by atoms with Crippen molar-refractivity contribution in [3.05, 3.63) is 175 Å². The molecule has 0 spiro atoms. The molecule has 0 fully saturated rings. The monoisotopic (exact) mass is 792 g/mol. The topological polar surface area (TPSA) is 218 Å². The zero-order valence-corrected chi connectivity index (χ0v) is 31.0. The van der Waals surface area contributed by atoms with Crippen LogP contribution in [0.15, 0.2) is 121 Å². The molecule has 0 amide bonds. The van der Waals surface area contributed by atoms with Crippen molar-refractivity contribution in [2.45, 2.75) is 0 Å². The number of aromatic nitrogens is 4. The zero-order chi connectivity index (χ0) is 41.7. The van der Waals surface area contributed by atoms with Crippen LogP contribution in [0, 0.1) is 20.2 Å². The summed E-state index contributed by atoms with van der Waals surface area (Å²) in [5, 5.41) is 42.6. The molecular formula is C46H28N6O8. The van der Waals surface area contributed by atoms with E-state index >= 15 is 0 Å². The van der Waals surface area contributed by atoms with E-state index in [4.69, 9.17) is 9.97 Å². The fourth-order valence-electron chi connectivity index (χ4n) is 7.48. The minimum atomic E-state index is -1.07. The van der Waals surface area contributed by atoms with Gasteiger partial charge in [0.1, 0.15) is 0 Å². The number of hydrogen-bond donors (Lipinski definition) is 4. The number of nitro groups is 2. The molecule has 0 aliphatic carbocycles. The molecule has 0 saturated carbocycles. The number of aromatic carboxylic acids is 2. The molecule has 2 aliphatic rings. The second-order valence-electron chi connectivity index (χ2n) is 13.9. The lowest BCUT2D eigenvalue weighted by Crippen LogP contribution is -1.95. The van der Waals surface area contributed by atoms with Gasteiger partial charge < -0.3 is 20.2 Å². The predicted octanol–water partition coefficient (Wildman–Crippen LogP) is 10.5. The van der Waals surface area contributed by atoms with Crippen LogP contribution in [0.2, 0.25) is 0 Å². The molecule has 7 aromatic rings. The number of aromatic amines is 2.